The molecule has 0 bridgehead atoms. The molecule has 6 N–H and O–H groups in total. The summed E-state index contributed by atoms with van der Waals surface area (Å²) in [6, 6.07) is -2.83. The van der Waals surface area contributed by atoms with E-state index in [2.05, 4.69) is 16.0 Å². The first-order valence-corrected chi connectivity index (χ1v) is 6.93. The second-order valence-electron chi connectivity index (χ2n) is 5.29. The molecule has 3 atom stereocenters. The van der Waals surface area contributed by atoms with Gasteiger partial charge in [-0.2, -0.15) is 0 Å². The summed E-state index contributed by atoms with van der Waals surface area (Å²) in [7, 11) is 0. The van der Waals surface area contributed by atoms with Crippen LogP contribution in [0.1, 0.15) is 27.7 Å². The van der Waals surface area contributed by atoms with Gasteiger partial charge in [-0.25, -0.2) is 4.79 Å². The van der Waals surface area contributed by atoms with E-state index in [-0.39, 0.29) is 12.5 Å². The van der Waals surface area contributed by atoms with Gasteiger partial charge in [0.25, 0.3) is 0 Å². The van der Waals surface area contributed by atoms with E-state index in [1.807, 2.05) is 0 Å². The molecule has 0 rings (SSSR count). The lowest BCUT2D eigenvalue weighted by molar-refractivity contribution is -0.143. The Balaban J connectivity index is 4.55. The van der Waals surface area contributed by atoms with Crippen LogP contribution in [-0.2, 0) is 19.2 Å². The Bertz CT molecular complexity index is 438. The number of carboxylic acid groups (broad SMARTS) is 1. The Labute approximate surface area is 129 Å². The monoisotopic (exact) mass is 316 g/mol. The molecule has 0 aromatic carbocycles. The summed E-state index contributed by atoms with van der Waals surface area (Å²) >= 11 is 0. The molecule has 0 aliphatic carbocycles. The fraction of sp³-hybridized carbons (Fsp3) is 0.692. The quantitative estimate of drug-likeness (QED) is 0.356. The molecule has 22 heavy (non-hydrogen) atoms. The van der Waals surface area contributed by atoms with E-state index in [1.54, 1.807) is 13.8 Å². The van der Waals surface area contributed by atoms with E-state index in [0.29, 0.717) is 0 Å². The van der Waals surface area contributed by atoms with Crippen molar-refractivity contribution in [3.8, 4) is 0 Å². The second kappa shape index (κ2) is 8.98. The van der Waals surface area contributed by atoms with Gasteiger partial charge in [0.05, 0.1) is 6.54 Å². The number of rotatable bonds is 8. The third kappa shape index (κ3) is 6.53. The molecule has 0 saturated carbocycles. The van der Waals surface area contributed by atoms with Crippen LogP contribution in [0.25, 0.3) is 0 Å². The minimum absolute atomic E-state index is 0.248. The normalized spacial score (nSPS) is 14.6. The maximum absolute atomic E-state index is 11.9. The summed E-state index contributed by atoms with van der Waals surface area (Å²) < 4.78 is 0. The smallest absolute Gasteiger partial charge is 0.326 e. The fourth-order valence-electron chi connectivity index (χ4n) is 1.56. The summed E-state index contributed by atoms with van der Waals surface area (Å²) in [5.41, 5.74) is 5.12. The molecule has 0 saturated heterocycles. The molecule has 9 heteroatoms. The fourth-order valence-corrected chi connectivity index (χ4v) is 1.56. The number of amides is 3. The van der Waals surface area contributed by atoms with Crippen LogP contribution >= 0.6 is 0 Å². The molecule has 0 aromatic rings. The van der Waals surface area contributed by atoms with Crippen LogP contribution in [0, 0.1) is 5.92 Å². The molecule has 0 aliphatic heterocycles. The van der Waals surface area contributed by atoms with E-state index >= 15 is 0 Å². The average molecular weight is 316 g/mol. The van der Waals surface area contributed by atoms with Crippen molar-refractivity contribution in [3.63, 3.8) is 0 Å². The second-order valence-corrected chi connectivity index (χ2v) is 5.29. The molecule has 9 nitrogen and oxygen atoms in total. The molecule has 3 amide bonds. The minimum atomic E-state index is -1.15. The summed E-state index contributed by atoms with van der Waals surface area (Å²) in [6.07, 6.45) is 0. The number of nitrogens with one attached hydrogen (secondary N) is 3. The number of carboxylic acids is 1. The first-order valence-electron chi connectivity index (χ1n) is 6.93. The van der Waals surface area contributed by atoms with E-state index in [0.717, 1.165) is 0 Å². The van der Waals surface area contributed by atoms with Crippen molar-refractivity contribution in [1.82, 2.24) is 16.0 Å². The molecular weight excluding hydrogens is 292 g/mol. The Morgan fingerprint density at radius 1 is 0.909 bits per heavy atom. The molecule has 0 spiro atoms. The number of nitrogens with two attached hydrogens (primary N) is 1. The van der Waals surface area contributed by atoms with Crippen molar-refractivity contribution in [2.24, 2.45) is 11.7 Å². The Hall–Kier alpha value is -2.16. The molecule has 0 aromatic heterocycles. The molecule has 0 heterocycles. The Morgan fingerprint density at radius 2 is 1.36 bits per heavy atom. The molecule has 0 radical (unpaired) electrons. The van der Waals surface area contributed by atoms with Gasteiger partial charge in [-0.05, 0) is 19.8 Å². The van der Waals surface area contributed by atoms with Crippen molar-refractivity contribution in [2.45, 2.75) is 45.8 Å². The van der Waals surface area contributed by atoms with E-state index in [4.69, 9.17) is 10.8 Å². The maximum Gasteiger partial charge on any atom is 0.326 e. The predicted molar refractivity (Wildman–Crippen MR) is 78.7 cm³/mol. The first-order chi connectivity index (χ1) is 10.1. The zero-order valence-electron chi connectivity index (χ0n) is 13.2. The van der Waals surface area contributed by atoms with Gasteiger partial charge >= 0.3 is 5.97 Å². The van der Waals surface area contributed by atoms with Gasteiger partial charge in [0.15, 0.2) is 0 Å². The Kier molecular flexibility index (Phi) is 8.10. The standard InChI is InChI=1S/C13H24N4O5/c1-6(2)10(13(21)22)17-12(20)8(4)16-11(19)7(3)15-9(18)5-14/h6-8,10H,5,14H2,1-4H3,(H,15,18)(H,16,19)(H,17,20)(H,21,22). The van der Waals surface area contributed by atoms with E-state index < -0.39 is 41.8 Å². The number of hydrogen-bond acceptors (Lipinski definition) is 5. The lowest BCUT2D eigenvalue weighted by Gasteiger charge is -2.22. The number of carbonyl (C=O) groups is 4. The van der Waals surface area contributed by atoms with Crippen LogP contribution in [0.4, 0.5) is 0 Å². The van der Waals surface area contributed by atoms with Crippen molar-refractivity contribution in [1.29, 1.82) is 0 Å². The Morgan fingerprint density at radius 3 is 1.77 bits per heavy atom. The summed E-state index contributed by atoms with van der Waals surface area (Å²) in [4.78, 5) is 45.8. The topological polar surface area (TPSA) is 151 Å². The summed E-state index contributed by atoms with van der Waals surface area (Å²) in [5, 5.41) is 16.1. The predicted octanol–water partition coefficient (Wildman–Crippen LogP) is -1.82. The molecule has 0 fully saturated rings. The highest BCUT2D eigenvalue weighted by atomic mass is 16.4. The average Bonchev–Trinajstić information content (AvgIpc) is 2.42. The van der Waals surface area contributed by atoms with Gasteiger partial charge in [-0.15, -0.1) is 0 Å². The van der Waals surface area contributed by atoms with Crippen LogP contribution in [-0.4, -0.2) is 53.5 Å². The van der Waals surface area contributed by atoms with Gasteiger partial charge in [0.2, 0.25) is 17.7 Å². The van der Waals surface area contributed by atoms with Crippen molar-refractivity contribution >= 4 is 23.7 Å². The van der Waals surface area contributed by atoms with Crippen molar-refractivity contribution in [3.05, 3.63) is 0 Å². The molecule has 126 valence electrons. The van der Waals surface area contributed by atoms with Gasteiger partial charge in [-0.3, -0.25) is 14.4 Å². The SMILES string of the molecule is CC(NC(=O)CN)C(=O)NC(C)C(=O)NC(C(=O)O)C(C)C. The highest BCUT2D eigenvalue weighted by Gasteiger charge is 2.27. The van der Waals surface area contributed by atoms with Gasteiger partial charge in [0.1, 0.15) is 18.1 Å². The third-order valence-electron chi connectivity index (χ3n) is 2.94. The molecule has 3 unspecified atom stereocenters. The van der Waals surface area contributed by atoms with Gasteiger partial charge in [-0.1, -0.05) is 13.8 Å². The van der Waals surface area contributed by atoms with E-state index in [9.17, 15) is 19.2 Å². The first kappa shape index (κ1) is 19.8. The van der Waals surface area contributed by atoms with Crippen molar-refractivity contribution < 1.29 is 24.3 Å². The van der Waals surface area contributed by atoms with Crippen LogP contribution in [0.5, 0.6) is 0 Å². The molecule has 0 aliphatic rings. The number of carbonyl (C=O) groups excluding carboxylic acids is 3. The molecular formula is C13H24N4O5. The minimum Gasteiger partial charge on any atom is -0.480 e. The number of hydrogen-bond donors (Lipinski definition) is 5. The highest BCUT2D eigenvalue weighted by Crippen LogP contribution is 2.02. The van der Waals surface area contributed by atoms with Gasteiger partial charge < -0.3 is 26.8 Å². The third-order valence-corrected chi connectivity index (χ3v) is 2.94. The van der Waals surface area contributed by atoms with E-state index in [1.165, 1.54) is 13.8 Å². The zero-order valence-corrected chi connectivity index (χ0v) is 13.2. The van der Waals surface area contributed by atoms with Gasteiger partial charge in [0, 0.05) is 0 Å². The largest absolute Gasteiger partial charge is 0.480 e. The lowest BCUT2D eigenvalue weighted by atomic mass is 10.0. The number of aliphatic carboxylic acids is 1. The van der Waals surface area contributed by atoms with Crippen molar-refractivity contribution in [2.75, 3.05) is 6.54 Å². The maximum atomic E-state index is 11.9. The summed E-state index contributed by atoms with van der Waals surface area (Å²) in [6.45, 7) is 5.94. The summed E-state index contributed by atoms with van der Waals surface area (Å²) in [5.74, 6) is -3.13. The van der Waals surface area contributed by atoms with Crippen LogP contribution < -0.4 is 21.7 Å². The lowest BCUT2D eigenvalue weighted by Crippen LogP contribution is -2.55. The van der Waals surface area contributed by atoms with Crippen LogP contribution in [0.3, 0.4) is 0 Å². The van der Waals surface area contributed by atoms with Crippen LogP contribution in [0.2, 0.25) is 0 Å². The highest BCUT2D eigenvalue weighted by molar-refractivity contribution is 5.93. The van der Waals surface area contributed by atoms with Crippen LogP contribution in [0.15, 0.2) is 0 Å². The zero-order chi connectivity index (χ0) is 17.4.